The van der Waals surface area contributed by atoms with Gasteiger partial charge in [0.2, 0.25) is 0 Å². The number of aliphatic carboxylic acids is 1. The van der Waals surface area contributed by atoms with Gasteiger partial charge in [0.05, 0.1) is 5.92 Å². The number of hydrogen-bond donors (Lipinski definition) is 1. The van der Waals surface area contributed by atoms with Crippen LogP contribution in [-0.4, -0.2) is 16.3 Å². The molecule has 0 bridgehead atoms. The number of carbonyl (C=O) groups is 1. The van der Waals surface area contributed by atoms with Crippen LogP contribution in [0.15, 0.2) is 29.2 Å². The lowest BCUT2D eigenvalue weighted by Crippen LogP contribution is -2.35. The zero-order chi connectivity index (χ0) is 10.8. The first-order valence-corrected chi connectivity index (χ1v) is 5.70. The summed E-state index contributed by atoms with van der Waals surface area (Å²) in [5.74, 6) is -1.34. The van der Waals surface area contributed by atoms with Crippen LogP contribution in [0.2, 0.25) is 0 Å². The van der Waals surface area contributed by atoms with E-state index < -0.39 is 5.97 Å². The Labute approximate surface area is 91.5 Å². The Morgan fingerprint density at radius 2 is 2.13 bits per heavy atom. The second-order valence-electron chi connectivity index (χ2n) is 3.61. The van der Waals surface area contributed by atoms with Crippen LogP contribution in [-0.2, 0) is 4.79 Å². The summed E-state index contributed by atoms with van der Waals surface area (Å²) in [7, 11) is 0. The summed E-state index contributed by atoms with van der Waals surface area (Å²) in [6.07, 6.45) is 1.57. The van der Waals surface area contributed by atoms with Gasteiger partial charge >= 0.3 is 5.97 Å². The number of thioether (sulfide) groups is 1. The number of halogens is 1. The van der Waals surface area contributed by atoms with Crippen molar-refractivity contribution in [1.29, 1.82) is 0 Å². The van der Waals surface area contributed by atoms with E-state index in [2.05, 4.69) is 0 Å². The molecule has 2 rings (SSSR count). The van der Waals surface area contributed by atoms with Crippen LogP contribution in [0.3, 0.4) is 0 Å². The molecule has 2 atom stereocenters. The van der Waals surface area contributed by atoms with Gasteiger partial charge in [-0.15, -0.1) is 11.8 Å². The van der Waals surface area contributed by atoms with E-state index in [9.17, 15) is 9.18 Å². The number of benzene rings is 1. The molecule has 0 radical (unpaired) electrons. The van der Waals surface area contributed by atoms with Gasteiger partial charge in [0, 0.05) is 10.1 Å². The van der Waals surface area contributed by atoms with Crippen molar-refractivity contribution in [2.45, 2.75) is 23.0 Å². The second-order valence-corrected chi connectivity index (χ2v) is 4.89. The maximum atomic E-state index is 13.3. The third-order valence-corrected chi connectivity index (χ3v) is 4.10. The highest BCUT2D eigenvalue weighted by molar-refractivity contribution is 8.00. The fourth-order valence-electron chi connectivity index (χ4n) is 1.60. The monoisotopic (exact) mass is 226 g/mol. The summed E-state index contributed by atoms with van der Waals surface area (Å²) in [6.45, 7) is 0. The molecule has 1 aliphatic rings. The Morgan fingerprint density at radius 1 is 1.40 bits per heavy atom. The molecule has 1 aromatic rings. The zero-order valence-electron chi connectivity index (χ0n) is 8.02. The number of hydrogen-bond acceptors (Lipinski definition) is 2. The average molecular weight is 226 g/mol. The Kier molecular flexibility index (Phi) is 2.95. The molecule has 0 spiro atoms. The van der Waals surface area contributed by atoms with Crippen molar-refractivity contribution in [3.05, 3.63) is 30.1 Å². The van der Waals surface area contributed by atoms with E-state index in [1.165, 1.54) is 17.8 Å². The molecule has 4 heteroatoms. The molecule has 0 amide bonds. The lowest BCUT2D eigenvalue weighted by atomic mass is 9.85. The SMILES string of the molecule is O=C(O)C1CCC1Sc1ccccc1F. The van der Waals surface area contributed by atoms with Crippen LogP contribution in [0.4, 0.5) is 4.39 Å². The highest BCUT2D eigenvalue weighted by atomic mass is 32.2. The van der Waals surface area contributed by atoms with E-state index in [0.717, 1.165) is 6.42 Å². The minimum Gasteiger partial charge on any atom is -0.481 e. The van der Waals surface area contributed by atoms with Gasteiger partial charge in [0.1, 0.15) is 5.82 Å². The van der Waals surface area contributed by atoms with Crippen LogP contribution >= 0.6 is 11.8 Å². The molecule has 0 saturated heterocycles. The predicted octanol–water partition coefficient (Wildman–Crippen LogP) is 2.78. The maximum Gasteiger partial charge on any atom is 0.307 e. The lowest BCUT2D eigenvalue weighted by Gasteiger charge is -2.32. The molecule has 80 valence electrons. The van der Waals surface area contributed by atoms with Crippen molar-refractivity contribution >= 4 is 17.7 Å². The molecule has 1 N–H and O–H groups in total. The van der Waals surface area contributed by atoms with Gasteiger partial charge in [0.15, 0.2) is 0 Å². The standard InChI is InChI=1S/C11H11FO2S/c12-8-3-1-2-4-10(8)15-9-6-5-7(9)11(13)14/h1-4,7,9H,5-6H2,(H,13,14). The molecule has 0 aromatic heterocycles. The Bertz CT molecular complexity index is 381. The van der Waals surface area contributed by atoms with Gasteiger partial charge in [-0.1, -0.05) is 12.1 Å². The normalized spacial score (nSPS) is 24.6. The molecule has 0 heterocycles. The summed E-state index contributed by atoms with van der Waals surface area (Å²) in [5, 5.41) is 8.87. The molecule has 2 nitrogen and oxygen atoms in total. The number of carboxylic acid groups (broad SMARTS) is 1. The fourth-order valence-corrected chi connectivity index (χ4v) is 2.93. The first kappa shape index (κ1) is 10.5. The zero-order valence-corrected chi connectivity index (χ0v) is 8.84. The van der Waals surface area contributed by atoms with E-state index in [0.29, 0.717) is 11.3 Å². The highest BCUT2D eigenvalue weighted by Gasteiger charge is 2.37. The van der Waals surface area contributed by atoms with Crippen LogP contribution < -0.4 is 0 Å². The molecule has 2 unspecified atom stereocenters. The van der Waals surface area contributed by atoms with E-state index in [4.69, 9.17) is 5.11 Å². The molecule has 1 saturated carbocycles. The summed E-state index contributed by atoms with van der Waals surface area (Å²) in [6, 6.07) is 6.49. The van der Waals surface area contributed by atoms with E-state index in [-0.39, 0.29) is 17.0 Å². The Morgan fingerprint density at radius 3 is 2.67 bits per heavy atom. The van der Waals surface area contributed by atoms with Crippen LogP contribution in [0.25, 0.3) is 0 Å². The lowest BCUT2D eigenvalue weighted by molar-refractivity contribution is -0.144. The molecule has 1 aliphatic carbocycles. The van der Waals surface area contributed by atoms with Crippen LogP contribution in [0.1, 0.15) is 12.8 Å². The van der Waals surface area contributed by atoms with Gasteiger partial charge in [-0.05, 0) is 25.0 Å². The van der Waals surface area contributed by atoms with E-state index in [1.54, 1.807) is 18.2 Å². The van der Waals surface area contributed by atoms with Crippen molar-refractivity contribution < 1.29 is 14.3 Å². The molecule has 1 fully saturated rings. The maximum absolute atomic E-state index is 13.3. The topological polar surface area (TPSA) is 37.3 Å². The quantitative estimate of drug-likeness (QED) is 0.861. The number of carboxylic acids is 1. The Hall–Kier alpha value is -1.03. The third-order valence-electron chi connectivity index (χ3n) is 2.64. The van der Waals surface area contributed by atoms with Gasteiger partial charge < -0.3 is 5.11 Å². The van der Waals surface area contributed by atoms with Crippen molar-refractivity contribution in [2.24, 2.45) is 5.92 Å². The molecule has 15 heavy (non-hydrogen) atoms. The first-order valence-electron chi connectivity index (χ1n) is 4.82. The third kappa shape index (κ3) is 2.15. The van der Waals surface area contributed by atoms with Crippen LogP contribution in [0, 0.1) is 11.7 Å². The van der Waals surface area contributed by atoms with E-state index >= 15 is 0 Å². The van der Waals surface area contributed by atoms with E-state index in [1.807, 2.05) is 0 Å². The predicted molar refractivity (Wildman–Crippen MR) is 56.4 cm³/mol. The molecular formula is C11H11FO2S. The average Bonchev–Trinajstić information content (AvgIpc) is 2.13. The van der Waals surface area contributed by atoms with Gasteiger partial charge in [-0.3, -0.25) is 4.79 Å². The van der Waals surface area contributed by atoms with Gasteiger partial charge in [0.25, 0.3) is 0 Å². The molecule has 0 aliphatic heterocycles. The minimum absolute atomic E-state index is 0.0272. The highest BCUT2D eigenvalue weighted by Crippen LogP contribution is 2.41. The largest absolute Gasteiger partial charge is 0.481 e. The van der Waals surface area contributed by atoms with Crippen LogP contribution in [0.5, 0.6) is 0 Å². The summed E-state index contributed by atoms with van der Waals surface area (Å²) < 4.78 is 13.3. The Balaban J connectivity index is 2.04. The smallest absolute Gasteiger partial charge is 0.307 e. The fraction of sp³-hybridized carbons (Fsp3) is 0.364. The summed E-state index contributed by atoms with van der Waals surface area (Å²) >= 11 is 1.34. The van der Waals surface area contributed by atoms with Gasteiger partial charge in [-0.2, -0.15) is 0 Å². The molecular weight excluding hydrogens is 215 g/mol. The van der Waals surface area contributed by atoms with Crippen molar-refractivity contribution in [2.75, 3.05) is 0 Å². The van der Waals surface area contributed by atoms with Gasteiger partial charge in [-0.25, -0.2) is 4.39 Å². The van der Waals surface area contributed by atoms with Crippen molar-refractivity contribution in [3.8, 4) is 0 Å². The first-order chi connectivity index (χ1) is 7.18. The molecule has 1 aromatic carbocycles. The van der Waals surface area contributed by atoms with Crippen molar-refractivity contribution in [1.82, 2.24) is 0 Å². The summed E-state index contributed by atoms with van der Waals surface area (Å²) in [4.78, 5) is 11.3. The minimum atomic E-state index is -0.768. The van der Waals surface area contributed by atoms with Crippen molar-refractivity contribution in [3.63, 3.8) is 0 Å². The second kappa shape index (κ2) is 4.23. The summed E-state index contributed by atoms with van der Waals surface area (Å²) in [5.41, 5.74) is 0. The number of rotatable bonds is 3.